The Morgan fingerprint density at radius 1 is 0.839 bits per heavy atom. The molecule has 0 radical (unpaired) electrons. The molecule has 0 unspecified atom stereocenters. The maximum absolute atomic E-state index is 12.2. The molecule has 2 rings (SSSR count). The van der Waals surface area contributed by atoms with Crippen LogP contribution in [0.25, 0.3) is 0 Å². The smallest absolute Gasteiger partial charge is 0.353 e. The average Bonchev–Trinajstić information content (AvgIpc) is 2.68. The lowest BCUT2D eigenvalue weighted by atomic mass is 10.0. The van der Waals surface area contributed by atoms with E-state index in [1.54, 1.807) is 12.1 Å². The van der Waals surface area contributed by atoms with Crippen LogP contribution in [0.5, 0.6) is 11.5 Å². The number of hydrogen-bond acceptors (Lipinski definition) is 5. The lowest BCUT2D eigenvalue weighted by Gasteiger charge is -2.10. The summed E-state index contributed by atoms with van der Waals surface area (Å²) in [6.45, 7) is 9.20. The number of hydrogen-bond donors (Lipinski definition) is 1. The fourth-order valence-electron chi connectivity index (χ4n) is 3.05. The van der Waals surface area contributed by atoms with E-state index < -0.39 is 10.4 Å². The molecule has 6 nitrogen and oxygen atoms in total. The standard InChI is InChI=1S/C24H33NO5S/c1-18(2)7-5-6-16-25-24(26)21-10-14-23(15-11-21)30-31(27,28)29-22-12-8-20(9-13-22)17-19(3)4/h8-15,18-19H,5-7,16-17H2,1-4H3,(H,25,26). The van der Waals surface area contributed by atoms with Crippen LogP contribution in [0.3, 0.4) is 0 Å². The predicted molar refractivity (Wildman–Crippen MR) is 123 cm³/mol. The average molecular weight is 448 g/mol. The summed E-state index contributed by atoms with van der Waals surface area (Å²) < 4.78 is 34.4. The maximum atomic E-state index is 12.2. The van der Waals surface area contributed by atoms with Crippen molar-refractivity contribution in [2.75, 3.05) is 6.54 Å². The molecule has 0 saturated heterocycles. The molecule has 1 amide bonds. The van der Waals surface area contributed by atoms with Gasteiger partial charge in [-0.05, 0) is 66.6 Å². The first-order valence-corrected chi connectivity index (χ1v) is 12.1. The minimum atomic E-state index is -4.28. The summed E-state index contributed by atoms with van der Waals surface area (Å²) >= 11 is 0. The highest BCUT2D eigenvalue weighted by Crippen LogP contribution is 2.20. The molecule has 0 bridgehead atoms. The van der Waals surface area contributed by atoms with Crippen molar-refractivity contribution < 1.29 is 21.6 Å². The van der Waals surface area contributed by atoms with Crippen LogP contribution in [0.15, 0.2) is 48.5 Å². The van der Waals surface area contributed by atoms with Crippen molar-refractivity contribution in [2.45, 2.75) is 53.4 Å². The second kappa shape index (κ2) is 11.7. The van der Waals surface area contributed by atoms with Gasteiger partial charge in [0.05, 0.1) is 0 Å². The highest BCUT2D eigenvalue weighted by atomic mass is 32.3. The molecule has 0 spiro atoms. The van der Waals surface area contributed by atoms with E-state index in [1.165, 1.54) is 24.3 Å². The highest BCUT2D eigenvalue weighted by molar-refractivity contribution is 7.82. The Hall–Kier alpha value is -2.54. The molecule has 1 N–H and O–H groups in total. The summed E-state index contributed by atoms with van der Waals surface area (Å²) in [5.41, 5.74) is 1.55. The van der Waals surface area contributed by atoms with Gasteiger partial charge in [-0.3, -0.25) is 4.79 Å². The van der Waals surface area contributed by atoms with Gasteiger partial charge in [-0.1, -0.05) is 52.7 Å². The molecular formula is C24H33NO5S. The van der Waals surface area contributed by atoms with Gasteiger partial charge in [-0.15, -0.1) is 8.42 Å². The summed E-state index contributed by atoms with van der Waals surface area (Å²) in [4.78, 5) is 12.2. The number of unbranched alkanes of at least 4 members (excludes halogenated alkanes) is 1. The molecule has 2 aromatic rings. The van der Waals surface area contributed by atoms with Gasteiger partial charge in [0.2, 0.25) is 0 Å². The number of carbonyl (C=O) groups excluding carboxylic acids is 1. The number of rotatable bonds is 12. The number of amides is 1. The van der Waals surface area contributed by atoms with Gasteiger partial charge in [-0.2, -0.15) is 0 Å². The Kier molecular flexibility index (Phi) is 9.37. The third kappa shape index (κ3) is 9.42. The zero-order valence-electron chi connectivity index (χ0n) is 18.8. The van der Waals surface area contributed by atoms with E-state index in [-0.39, 0.29) is 17.4 Å². The number of carbonyl (C=O) groups is 1. The normalized spacial score (nSPS) is 11.5. The molecule has 0 aliphatic carbocycles. The quantitative estimate of drug-likeness (QED) is 0.455. The zero-order chi connectivity index (χ0) is 22.9. The first-order valence-electron chi connectivity index (χ1n) is 10.8. The van der Waals surface area contributed by atoms with Crippen LogP contribution < -0.4 is 13.7 Å². The number of nitrogens with one attached hydrogen (secondary N) is 1. The second-order valence-electron chi connectivity index (χ2n) is 8.49. The summed E-state index contributed by atoms with van der Waals surface area (Å²) in [7, 11) is -4.28. The van der Waals surface area contributed by atoms with Crippen LogP contribution in [0.2, 0.25) is 0 Å². The number of benzene rings is 2. The van der Waals surface area contributed by atoms with Crippen LogP contribution in [0, 0.1) is 11.8 Å². The Labute approximate surface area is 186 Å². The molecule has 0 aliphatic heterocycles. The van der Waals surface area contributed by atoms with Crippen molar-refractivity contribution >= 4 is 16.3 Å². The van der Waals surface area contributed by atoms with Crippen LogP contribution in [-0.2, 0) is 16.8 Å². The largest absolute Gasteiger partial charge is 0.500 e. The molecule has 170 valence electrons. The Morgan fingerprint density at radius 3 is 1.90 bits per heavy atom. The lowest BCUT2D eigenvalue weighted by molar-refractivity contribution is 0.0953. The topological polar surface area (TPSA) is 81.7 Å². The zero-order valence-corrected chi connectivity index (χ0v) is 19.6. The van der Waals surface area contributed by atoms with E-state index in [9.17, 15) is 13.2 Å². The monoisotopic (exact) mass is 447 g/mol. The summed E-state index contributed by atoms with van der Waals surface area (Å²) in [6, 6.07) is 12.8. The summed E-state index contributed by atoms with van der Waals surface area (Å²) in [6.07, 6.45) is 4.05. The van der Waals surface area contributed by atoms with Gasteiger partial charge in [-0.25, -0.2) is 0 Å². The third-order valence-electron chi connectivity index (χ3n) is 4.57. The predicted octanol–water partition coefficient (Wildman–Crippen LogP) is 5.14. The van der Waals surface area contributed by atoms with Crippen molar-refractivity contribution in [3.63, 3.8) is 0 Å². The van der Waals surface area contributed by atoms with E-state index in [0.29, 0.717) is 23.9 Å². The summed E-state index contributed by atoms with van der Waals surface area (Å²) in [5, 5.41) is 2.87. The van der Waals surface area contributed by atoms with E-state index >= 15 is 0 Å². The fourth-order valence-corrected chi connectivity index (χ4v) is 3.78. The van der Waals surface area contributed by atoms with Crippen LogP contribution in [-0.4, -0.2) is 20.9 Å². The molecule has 0 fully saturated rings. The SMILES string of the molecule is CC(C)CCCCNC(=O)c1ccc(OS(=O)(=O)Oc2ccc(CC(C)C)cc2)cc1. The van der Waals surface area contributed by atoms with Crippen LogP contribution in [0.4, 0.5) is 0 Å². The van der Waals surface area contributed by atoms with Crippen LogP contribution >= 0.6 is 0 Å². The minimum Gasteiger partial charge on any atom is -0.353 e. The molecule has 0 saturated carbocycles. The van der Waals surface area contributed by atoms with Crippen molar-refractivity contribution in [1.29, 1.82) is 0 Å². The maximum Gasteiger partial charge on any atom is 0.500 e. The molecule has 31 heavy (non-hydrogen) atoms. The molecule has 0 aromatic heterocycles. The van der Waals surface area contributed by atoms with E-state index in [1.807, 2.05) is 12.1 Å². The van der Waals surface area contributed by atoms with E-state index in [4.69, 9.17) is 8.37 Å². The van der Waals surface area contributed by atoms with Crippen molar-refractivity contribution in [3.8, 4) is 11.5 Å². The van der Waals surface area contributed by atoms with Gasteiger partial charge < -0.3 is 13.7 Å². The minimum absolute atomic E-state index is 0.0740. The van der Waals surface area contributed by atoms with Gasteiger partial charge in [0, 0.05) is 12.1 Å². The third-order valence-corrected chi connectivity index (χ3v) is 5.37. The fraction of sp³-hybridized carbons (Fsp3) is 0.458. The molecular weight excluding hydrogens is 414 g/mol. The van der Waals surface area contributed by atoms with E-state index in [0.717, 1.165) is 31.2 Å². The van der Waals surface area contributed by atoms with E-state index in [2.05, 4.69) is 33.0 Å². The van der Waals surface area contributed by atoms with Gasteiger partial charge in [0.15, 0.2) is 0 Å². The highest BCUT2D eigenvalue weighted by Gasteiger charge is 2.16. The van der Waals surface area contributed by atoms with Gasteiger partial charge in [0.1, 0.15) is 11.5 Å². The summed E-state index contributed by atoms with van der Waals surface area (Å²) in [5.74, 6) is 1.23. The lowest BCUT2D eigenvalue weighted by Crippen LogP contribution is -2.24. The van der Waals surface area contributed by atoms with Gasteiger partial charge >= 0.3 is 10.4 Å². The first kappa shape index (κ1) is 24.7. The van der Waals surface area contributed by atoms with Crippen molar-refractivity contribution in [1.82, 2.24) is 5.32 Å². The van der Waals surface area contributed by atoms with Crippen molar-refractivity contribution in [2.24, 2.45) is 11.8 Å². The first-order chi connectivity index (χ1) is 14.6. The molecule has 7 heteroatoms. The Balaban J connectivity index is 1.86. The van der Waals surface area contributed by atoms with Crippen LogP contribution in [0.1, 0.15) is 62.9 Å². The molecule has 0 heterocycles. The molecule has 0 atom stereocenters. The second-order valence-corrected chi connectivity index (χ2v) is 9.64. The van der Waals surface area contributed by atoms with Gasteiger partial charge in [0.25, 0.3) is 5.91 Å². The Bertz CT molecular complexity index is 919. The molecule has 2 aromatic carbocycles. The Morgan fingerprint density at radius 2 is 1.39 bits per heavy atom. The van der Waals surface area contributed by atoms with Crippen molar-refractivity contribution in [3.05, 3.63) is 59.7 Å². The molecule has 0 aliphatic rings.